The monoisotopic (exact) mass is 256 g/mol. The fraction of sp³-hybridized carbons (Fsp3) is 0.846. The third-order valence-corrected chi connectivity index (χ3v) is 2.68. The lowest BCUT2D eigenvalue weighted by Crippen LogP contribution is -2.40. The lowest BCUT2D eigenvalue weighted by atomic mass is 10.2. The van der Waals surface area contributed by atoms with Gasteiger partial charge in [0.2, 0.25) is 5.91 Å². The van der Waals surface area contributed by atoms with Crippen molar-refractivity contribution in [1.29, 1.82) is 0 Å². The first kappa shape index (κ1) is 14.8. The molecule has 5 heteroatoms. The Morgan fingerprint density at radius 2 is 2.06 bits per heavy atom. The molecule has 104 valence electrons. The van der Waals surface area contributed by atoms with Crippen molar-refractivity contribution in [2.24, 2.45) is 0 Å². The van der Waals surface area contributed by atoms with E-state index in [0.29, 0.717) is 19.5 Å². The van der Waals surface area contributed by atoms with E-state index in [4.69, 9.17) is 4.74 Å². The predicted octanol–water partition coefficient (Wildman–Crippen LogP) is 1.91. The van der Waals surface area contributed by atoms with Crippen molar-refractivity contribution in [3.63, 3.8) is 0 Å². The molecule has 5 nitrogen and oxygen atoms in total. The third-order valence-electron chi connectivity index (χ3n) is 2.68. The van der Waals surface area contributed by atoms with E-state index in [1.165, 1.54) is 0 Å². The SMILES string of the molecule is CCCC(=O)NC1CCN(C(=O)OC(C)(C)C)C1. The highest BCUT2D eigenvalue weighted by atomic mass is 16.6. The average Bonchev–Trinajstić information content (AvgIpc) is 2.63. The molecule has 0 aromatic heterocycles. The van der Waals surface area contributed by atoms with Gasteiger partial charge in [-0.3, -0.25) is 4.79 Å². The van der Waals surface area contributed by atoms with Crippen LogP contribution in [0.3, 0.4) is 0 Å². The Morgan fingerprint density at radius 3 is 2.61 bits per heavy atom. The number of nitrogens with zero attached hydrogens (tertiary/aromatic N) is 1. The summed E-state index contributed by atoms with van der Waals surface area (Å²) in [5, 5.41) is 2.94. The van der Waals surface area contributed by atoms with Gasteiger partial charge in [-0.1, -0.05) is 6.92 Å². The first-order valence-corrected chi connectivity index (χ1v) is 6.59. The van der Waals surface area contributed by atoms with Gasteiger partial charge in [-0.2, -0.15) is 0 Å². The molecule has 0 aromatic carbocycles. The minimum atomic E-state index is -0.472. The topological polar surface area (TPSA) is 58.6 Å². The number of carbonyl (C=O) groups excluding carboxylic acids is 2. The highest BCUT2D eigenvalue weighted by Crippen LogP contribution is 2.15. The van der Waals surface area contributed by atoms with Crippen LogP contribution in [0.4, 0.5) is 4.79 Å². The summed E-state index contributed by atoms with van der Waals surface area (Å²) < 4.78 is 5.30. The molecule has 0 aromatic rings. The van der Waals surface area contributed by atoms with E-state index >= 15 is 0 Å². The molecular weight excluding hydrogens is 232 g/mol. The second kappa shape index (κ2) is 6.07. The first-order chi connectivity index (χ1) is 8.31. The zero-order chi connectivity index (χ0) is 13.8. The molecule has 1 heterocycles. The Bertz CT molecular complexity index is 310. The summed E-state index contributed by atoms with van der Waals surface area (Å²) in [5.41, 5.74) is -0.472. The minimum Gasteiger partial charge on any atom is -0.444 e. The van der Waals surface area contributed by atoms with Crippen LogP contribution in [-0.4, -0.2) is 41.6 Å². The van der Waals surface area contributed by atoms with E-state index in [1.54, 1.807) is 4.90 Å². The summed E-state index contributed by atoms with van der Waals surface area (Å²) in [4.78, 5) is 24.9. The smallest absolute Gasteiger partial charge is 0.410 e. The molecule has 18 heavy (non-hydrogen) atoms. The number of ether oxygens (including phenoxy) is 1. The van der Waals surface area contributed by atoms with Crippen molar-refractivity contribution in [2.75, 3.05) is 13.1 Å². The molecule has 1 aliphatic heterocycles. The van der Waals surface area contributed by atoms with Crippen molar-refractivity contribution in [3.8, 4) is 0 Å². The fourth-order valence-electron chi connectivity index (χ4n) is 1.90. The van der Waals surface area contributed by atoms with Crippen LogP contribution in [0, 0.1) is 0 Å². The Hall–Kier alpha value is -1.26. The maximum absolute atomic E-state index is 11.8. The lowest BCUT2D eigenvalue weighted by molar-refractivity contribution is -0.121. The molecular formula is C13H24N2O3. The number of hydrogen-bond donors (Lipinski definition) is 1. The number of carbonyl (C=O) groups is 2. The van der Waals surface area contributed by atoms with Crippen molar-refractivity contribution in [1.82, 2.24) is 10.2 Å². The van der Waals surface area contributed by atoms with E-state index in [2.05, 4.69) is 5.32 Å². The summed E-state index contributed by atoms with van der Waals surface area (Å²) in [6.45, 7) is 8.71. The number of hydrogen-bond acceptors (Lipinski definition) is 3. The van der Waals surface area contributed by atoms with E-state index in [1.807, 2.05) is 27.7 Å². The third kappa shape index (κ3) is 4.94. The molecule has 0 saturated carbocycles. The molecule has 2 amide bonds. The number of amides is 2. The molecule has 0 spiro atoms. The molecule has 1 rings (SSSR count). The number of nitrogens with one attached hydrogen (secondary N) is 1. The molecule has 1 fully saturated rings. The van der Waals surface area contributed by atoms with Crippen LogP contribution in [0.1, 0.15) is 47.0 Å². The van der Waals surface area contributed by atoms with Crippen LogP contribution in [0.2, 0.25) is 0 Å². The Morgan fingerprint density at radius 1 is 1.39 bits per heavy atom. The molecule has 0 bridgehead atoms. The summed E-state index contributed by atoms with van der Waals surface area (Å²) in [6.07, 6.45) is 1.89. The molecule has 1 unspecified atom stereocenters. The highest BCUT2D eigenvalue weighted by Gasteiger charge is 2.30. The van der Waals surface area contributed by atoms with Gasteiger partial charge < -0.3 is 15.0 Å². The molecule has 1 atom stereocenters. The van der Waals surface area contributed by atoms with Gasteiger partial charge in [0.05, 0.1) is 0 Å². The lowest BCUT2D eigenvalue weighted by Gasteiger charge is -2.24. The standard InChI is InChI=1S/C13H24N2O3/c1-5-6-11(16)14-10-7-8-15(9-10)12(17)18-13(2,3)4/h10H,5-9H2,1-4H3,(H,14,16). The van der Waals surface area contributed by atoms with E-state index in [0.717, 1.165) is 12.8 Å². The summed E-state index contributed by atoms with van der Waals surface area (Å²) in [7, 11) is 0. The Labute approximate surface area is 109 Å². The van der Waals surface area contributed by atoms with Crippen LogP contribution >= 0.6 is 0 Å². The molecule has 0 radical (unpaired) electrons. The quantitative estimate of drug-likeness (QED) is 0.839. The molecule has 1 aliphatic rings. The summed E-state index contributed by atoms with van der Waals surface area (Å²) >= 11 is 0. The zero-order valence-corrected chi connectivity index (χ0v) is 11.8. The van der Waals surface area contributed by atoms with Crippen LogP contribution in [0.5, 0.6) is 0 Å². The van der Waals surface area contributed by atoms with Gasteiger partial charge in [-0.05, 0) is 33.6 Å². The van der Waals surface area contributed by atoms with Gasteiger partial charge in [-0.15, -0.1) is 0 Å². The van der Waals surface area contributed by atoms with Gasteiger partial charge in [0.25, 0.3) is 0 Å². The second-order valence-corrected chi connectivity index (χ2v) is 5.73. The van der Waals surface area contributed by atoms with Gasteiger partial charge in [0.1, 0.15) is 5.60 Å². The largest absolute Gasteiger partial charge is 0.444 e. The maximum Gasteiger partial charge on any atom is 0.410 e. The molecule has 0 aliphatic carbocycles. The fourth-order valence-corrected chi connectivity index (χ4v) is 1.90. The minimum absolute atomic E-state index is 0.0635. The first-order valence-electron chi connectivity index (χ1n) is 6.59. The van der Waals surface area contributed by atoms with Gasteiger partial charge in [0, 0.05) is 25.6 Å². The molecule has 1 saturated heterocycles. The normalized spacial score (nSPS) is 19.8. The predicted molar refractivity (Wildman–Crippen MR) is 69.3 cm³/mol. The van der Waals surface area contributed by atoms with Gasteiger partial charge >= 0.3 is 6.09 Å². The van der Waals surface area contributed by atoms with Crippen molar-refractivity contribution in [2.45, 2.75) is 58.6 Å². The van der Waals surface area contributed by atoms with E-state index < -0.39 is 5.60 Å². The van der Waals surface area contributed by atoms with Crippen molar-refractivity contribution >= 4 is 12.0 Å². The highest BCUT2D eigenvalue weighted by molar-refractivity contribution is 5.76. The average molecular weight is 256 g/mol. The summed E-state index contributed by atoms with van der Waals surface area (Å²) in [5.74, 6) is 0.0635. The number of likely N-dealkylation sites (tertiary alicyclic amines) is 1. The maximum atomic E-state index is 11.8. The number of rotatable bonds is 3. The Kier molecular flexibility index (Phi) is 4.99. The summed E-state index contributed by atoms with van der Waals surface area (Å²) in [6, 6.07) is 0.0663. The van der Waals surface area contributed by atoms with Crippen LogP contribution in [0.25, 0.3) is 0 Å². The Balaban J connectivity index is 2.37. The molecule has 1 N–H and O–H groups in total. The van der Waals surface area contributed by atoms with Crippen LogP contribution in [0.15, 0.2) is 0 Å². The van der Waals surface area contributed by atoms with Crippen molar-refractivity contribution < 1.29 is 14.3 Å². The van der Waals surface area contributed by atoms with Gasteiger partial charge in [0.15, 0.2) is 0 Å². The van der Waals surface area contributed by atoms with Crippen molar-refractivity contribution in [3.05, 3.63) is 0 Å². The van der Waals surface area contributed by atoms with Crippen LogP contribution in [-0.2, 0) is 9.53 Å². The zero-order valence-electron chi connectivity index (χ0n) is 11.8. The van der Waals surface area contributed by atoms with Gasteiger partial charge in [-0.25, -0.2) is 4.79 Å². The second-order valence-electron chi connectivity index (χ2n) is 5.73. The van der Waals surface area contributed by atoms with E-state index in [-0.39, 0.29) is 18.0 Å². The van der Waals surface area contributed by atoms with Crippen LogP contribution < -0.4 is 5.32 Å². The van der Waals surface area contributed by atoms with E-state index in [9.17, 15) is 9.59 Å².